The van der Waals surface area contributed by atoms with E-state index in [9.17, 15) is 0 Å². The van der Waals surface area contributed by atoms with Crippen molar-refractivity contribution in [3.05, 3.63) is 42.2 Å². The number of aromatic nitrogens is 3. The summed E-state index contributed by atoms with van der Waals surface area (Å²) in [7, 11) is 0. The van der Waals surface area contributed by atoms with Crippen LogP contribution in [0.15, 0.2) is 30.9 Å². The third-order valence-electron chi connectivity index (χ3n) is 2.01. The lowest BCUT2D eigenvalue weighted by atomic mass is 10.2. The van der Waals surface area contributed by atoms with Gasteiger partial charge >= 0.3 is 0 Å². The van der Waals surface area contributed by atoms with E-state index in [0.29, 0.717) is 5.56 Å². The fourth-order valence-electron chi connectivity index (χ4n) is 1.31. The Hall–Kier alpha value is -2.15. The predicted molar refractivity (Wildman–Crippen MR) is 50.8 cm³/mol. The van der Waals surface area contributed by atoms with E-state index < -0.39 is 0 Å². The molecule has 0 spiro atoms. The molecule has 0 aliphatic rings. The summed E-state index contributed by atoms with van der Waals surface area (Å²) in [6.45, 7) is 1.88. The van der Waals surface area contributed by atoms with Crippen molar-refractivity contribution in [2.24, 2.45) is 0 Å². The molecule has 2 heterocycles. The number of pyridine rings is 1. The molecule has 0 amide bonds. The first-order valence-corrected chi connectivity index (χ1v) is 4.17. The van der Waals surface area contributed by atoms with E-state index >= 15 is 0 Å². The third-order valence-corrected chi connectivity index (χ3v) is 2.01. The molecule has 0 saturated carbocycles. The van der Waals surface area contributed by atoms with E-state index in [1.807, 2.05) is 17.7 Å². The zero-order valence-corrected chi connectivity index (χ0v) is 7.68. The van der Waals surface area contributed by atoms with Crippen molar-refractivity contribution in [2.75, 3.05) is 0 Å². The average Bonchev–Trinajstić information content (AvgIpc) is 2.64. The average molecular weight is 184 g/mol. The Bertz CT molecular complexity index is 493. The molecule has 0 N–H and O–H groups in total. The zero-order chi connectivity index (χ0) is 9.97. The van der Waals surface area contributed by atoms with Gasteiger partial charge in [0.25, 0.3) is 0 Å². The Morgan fingerprint density at radius 2 is 2.29 bits per heavy atom. The molecule has 0 radical (unpaired) electrons. The van der Waals surface area contributed by atoms with Gasteiger partial charge in [-0.3, -0.25) is 4.98 Å². The topological polar surface area (TPSA) is 54.5 Å². The van der Waals surface area contributed by atoms with Crippen LogP contribution >= 0.6 is 0 Å². The van der Waals surface area contributed by atoms with Gasteiger partial charge < -0.3 is 4.57 Å². The highest BCUT2D eigenvalue weighted by atomic mass is 15.1. The van der Waals surface area contributed by atoms with Crippen LogP contribution in [0.1, 0.15) is 11.4 Å². The van der Waals surface area contributed by atoms with Crippen molar-refractivity contribution < 1.29 is 0 Å². The molecule has 2 aromatic rings. The van der Waals surface area contributed by atoms with Gasteiger partial charge in [-0.25, -0.2) is 4.98 Å². The molecule has 4 heteroatoms. The molecular weight excluding hydrogens is 176 g/mol. The lowest BCUT2D eigenvalue weighted by molar-refractivity contribution is 0.960. The lowest BCUT2D eigenvalue weighted by Crippen LogP contribution is -1.99. The fraction of sp³-hybridized carbons (Fsp3) is 0.100. The van der Waals surface area contributed by atoms with Crippen LogP contribution in [0.25, 0.3) is 5.69 Å². The van der Waals surface area contributed by atoms with Crippen molar-refractivity contribution in [1.29, 1.82) is 5.26 Å². The van der Waals surface area contributed by atoms with Gasteiger partial charge in [-0.05, 0) is 13.0 Å². The Kier molecular flexibility index (Phi) is 1.99. The molecule has 0 aliphatic heterocycles. The molecule has 0 saturated heterocycles. The van der Waals surface area contributed by atoms with E-state index in [-0.39, 0.29) is 0 Å². The van der Waals surface area contributed by atoms with Crippen LogP contribution in [0.3, 0.4) is 0 Å². The van der Waals surface area contributed by atoms with Crippen LogP contribution in [0, 0.1) is 18.3 Å². The molecule has 68 valence electrons. The molecule has 4 nitrogen and oxygen atoms in total. The van der Waals surface area contributed by atoms with Gasteiger partial charge in [0.1, 0.15) is 11.9 Å². The maximum atomic E-state index is 8.90. The second kappa shape index (κ2) is 3.30. The first-order chi connectivity index (χ1) is 6.83. The summed E-state index contributed by atoms with van der Waals surface area (Å²) in [6.07, 6.45) is 6.78. The third kappa shape index (κ3) is 1.25. The van der Waals surface area contributed by atoms with Gasteiger partial charge in [-0.2, -0.15) is 5.26 Å². The molecular formula is C10H8N4. The van der Waals surface area contributed by atoms with E-state index in [1.54, 1.807) is 24.7 Å². The van der Waals surface area contributed by atoms with Crippen molar-refractivity contribution in [3.8, 4) is 11.8 Å². The van der Waals surface area contributed by atoms with Crippen LogP contribution < -0.4 is 0 Å². The van der Waals surface area contributed by atoms with Crippen LogP contribution in [-0.2, 0) is 0 Å². The quantitative estimate of drug-likeness (QED) is 0.674. The summed E-state index contributed by atoms with van der Waals surface area (Å²) in [6, 6.07) is 3.81. The summed E-state index contributed by atoms with van der Waals surface area (Å²) < 4.78 is 1.84. The Morgan fingerprint density at radius 1 is 1.43 bits per heavy atom. The zero-order valence-electron chi connectivity index (χ0n) is 7.68. The second-order valence-corrected chi connectivity index (χ2v) is 2.85. The van der Waals surface area contributed by atoms with Crippen molar-refractivity contribution in [1.82, 2.24) is 14.5 Å². The standard InChI is InChI=1S/C10H8N4/c1-8-13-4-5-14(8)10-7-12-3-2-9(10)6-11/h2-5,7H,1H3. The molecule has 2 aromatic heterocycles. The Labute approximate surface area is 81.5 Å². The van der Waals surface area contributed by atoms with Gasteiger partial charge in [-0.15, -0.1) is 0 Å². The van der Waals surface area contributed by atoms with Crippen molar-refractivity contribution >= 4 is 0 Å². The second-order valence-electron chi connectivity index (χ2n) is 2.85. The number of rotatable bonds is 1. The van der Waals surface area contributed by atoms with Gasteiger partial charge in [0.15, 0.2) is 0 Å². The molecule has 2 rings (SSSR count). The van der Waals surface area contributed by atoms with Crippen LogP contribution in [0.2, 0.25) is 0 Å². The maximum Gasteiger partial charge on any atom is 0.110 e. The first kappa shape index (κ1) is 8.45. The number of aryl methyl sites for hydroxylation is 1. The monoisotopic (exact) mass is 184 g/mol. The largest absolute Gasteiger partial charge is 0.301 e. The molecule has 0 unspecified atom stereocenters. The minimum atomic E-state index is 0.598. The smallest absolute Gasteiger partial charge is 0.110 e. The number of imidazole rings is 1. The SMILES string of the molecule is Cc1nccn1-c1cnccc1C#N. The molecule has 14 heavy (non-hydrogen) atoms. The molecule has 0 bridgehead atoms. The summed E-state index contributed by atoms with van der Waals surface area (Å²) in [5, 5.41) is 8.90. The highest BCUT2D eigenvalue weighted by molar-refractivity contribution is 5.47. The fourth-order valence-corrected chi connectivity index (χ4v) is 1.31. The highest BCUT2D eigenvalue weighted by Gasteiger charge is 2.05. The summed E-state index contributed by atoms with van der Waals surface area (Å²) >= 11 is 0. The van der Waals surface area contributed by atoms with Gasteiger partial charge in [0.05, 0.1) is 17.4 Å². The van der Waals surface area contributed by atoms with E-state index in [1.165, 1.54) is 0 Å². The van der Waals surface area contributed by atoms with E-state index in [0.717, 1.165) is 11.5 Å². The van der Waals surface area contributed by atoms with E-state index in [2.05, 4.69) is 16.0 Å². The molecule has 0 fully saturated rings. The first-order valence-electron chi connectivity index (χ1n) is 4.17. The van der Waals surface area contributed by atoms with E-state index in [4.69, 9.17) is 5.26 Å². The number of nitriles is 1. The minimum absolute atomic E-state index is 0.598. The molecule has 0 aromatic carbocycles. The normalized spacial score (nSPS) is 9.71. The van der Waals surface area contributed by atoms with Crippen LogP contribution in [0.5, 0.6) is 0 Å². The Balaban J connectivity index is 2.64. The summed E-state index contributed by atoms with van der Waals surface area (Å²) in [5.74, 6) is 0.842. The maximum absolute atomic E-state index is 8.90. The molecule has 0 aliphatic carbocycles. The Morgan fingerprint density at radius 3 is 2.93 bits per heavy atom. The van der Waals surface area contributed by atoms with Crippen molar-refractivity contribution in [2.45, 2.75) is 6.92 Å². The van der Waals surface area contributed by atoms with Crippen LogP contribution in [-0.4, -0.2) is 14.5 Å². The minimum Gasteiger partial charge on any atom is -0.301 e. The lowest BCUT2D eigenvalue weighted by Gasteiger charge is -2.05. The number of hydrogen-bond acceptors (Lipinski definition) is 3. The molecule has 0 atom stereocenters. The van der Waals surface area contributed by atoms with Crippen molar-refractivity contribution in [3.63, 3.8) is 0 Å². The summed E-state index contributed by atoms with van der Waals surface area (Å²) in [5.41, 5.74) is 1.37. The number of hydrogen-bond donors (Lipinski definition) is 0. The highest BCUT2D eigenvalue weighted by Crippen LogP contribution is 2.13. The van der Waals surface area contributed by atoms with Crippen LogP contribution in [0.4, 0.5) is 0 Å². The van der Waals surface area contributed by atoms with Gasteiger partial charge in [0.2, 0.25) is 0 Å². The van der Waals surface area contributed by atoms with Gasteiger partial charge in [-0.1, -0.05) is 0 Å². The van der Waals surface area contributed by atoms with Gasteiger partial charge in [0, 0.05) is 18.6 Å². The summed E-state index contributed by atoms with van der Waals surface area (Å²) in [4.78, 5) is 8.08. The number of nitrogens with zero attached hydrogens (tertiary/aromatic N) is 4. The predicted octanol–water partition coefficient (Wildman–Crippen LogP) is 1.45.